The number of benzene rings is 1. The molecular formula is C21H17IN2O4S. The van der Waals surface area contributed by atoms with Crippen molar-refractivity contribution in [2.24, 2.45) is 4.99 Å². The summed E-state index contributed by atoms with van der Waals surface area (Å²) < 4.78 is 13.6. The third-order valence-corrected chi connectivity index (χ3v) is 6.06. The second-order valence-corrected chi connectivity index (χ2v) is 8.43. The first-order valence-electron chi connectivity index (χ1n) is 8.99. The highest BCUT2D eigenvalue weighted by atomic mass is 127. The van der Waals surface area contributed by atoms with Crippen molar-refractivity contribution in [2.75, 3.05) is 6.61 Å². The molecule has 0 N–H and O–H groups in total. The summed E-state index contributed by atoms with van der Waals surface area (Å²) in [5.74, 6) is 0.134. The maximum absolute atomic E-state index is 13.3. The van der Waals surface area contributed by atoms with Crippen molar-refractivity contribution in [3.63, 3.8) is 0 Å². The Morgan fingerprint density at radius 2 is 2.07 bits per heavy atom. The number of hydrogen-bond acceptors (Lipinski definition) is 6. The van der Waals surface area contributed by atoms with E-state index in [1.54, 1.807) is 24.5 Å². The summed E-state index contributed by atoms with van der Waals surface area (Å²) in [6.07, 6.45) is 1.71. The van der Waals surface area contributed by atoms with Gasteiger partial charge in [-0.2, -0.15) is 0 Å². The largest absolute Gasteiger partial charge is 0.463 e. The van der Waals surface area contributed by atoms with Gasteiger partial charge in [-0.05, 0) is 54.1 Å². The molecule has 1 aliphatic rings. The molecule has 0 spiro atoms. The van der Waals surface area contributed by atoms with Gasteiger partial charge in [-0.1, -0.05) is 41.7 Å². The quantitative estimate of drug-likeness (QED) is 0.392. The van der Waals surface area contributed by atoms with Crippen LogP contribution in [0.3, 0.4) is 0 Å². The molecule has 0 saturated heterocycles. The van der Waals surface area contributed by atoms with Crippen LogP contribution in [0.15, 0.2) is 67.9 Å². The molecule has 8 heteroatoms. The molecule has 1 aliphatic heterocycles. The molecule has 2 aromatic heterocycles. The molecule has 0 fully saturated rings. The molecule has 0 bridgehead atoms. The van der Waals surface area contributed by atoms with Crippen LogP contribution in [0.4, 0.5) is 0 Å². The number of fused-ring (bicyclic) bond motifs is 1. The van der Waals surface area contributed by atoms with Gasteiger partial charge >= 0.3 is 5.97 Å². The lowest BCUT2D eigenvalue weighted by Crippen LogP contribution is -2.39. The number of thiazole rings is 1. The highest BCUT2D eigenvalue weighted by Gasteiger charge is 2.33. The molecule has 6 nitrogen and oxygen atoms in total. The minimum atomic E-state index is -0.592. The molecule has 3 aromatic rings. The topological polar surface area (TPSA) is 73.8 Å². The van der Waals surface area contributed by atoms with Crippen LogP contribution >= 0.6 is 33.9 Å². The summed E-state index contributed by atoms with van der Waals surface area (Å²) in [4.78, 5) is 31.1. The van der Waals surface area contributed by atoms with E-state index in [4.69, 9.17) is 9.15 Å². The minimum Gasteiger partial charge on any atom is -0.463 e. The summed E-state index contributed by atoms with van der Waals surface area (Å²) in [6, 6.07) is 12.5. The van der Waals surface area contributed by atoms with Crippen LogP contribution in [0.25, 0.3) is 6.08 Å². The number of furan rings is 1. The Kier molecular flexibility index (Phi) is 5.55. The van der Waals surface area contributed by atoms with Crippen LogP contribution in [0.1, 0.15) is 31.2 Å². The SMILES string of the molecule is CCOC(=O)C1=C(C)N=c2s/c(=C\c3ccc(I)o3)c(=O)n2[C@H]1c1ccccc1. The summed E-state index contributed by atoms with van der Waals surface area (Å²) in [5, 5.41) is 0. The van der Waals surface area contributed by atoms with E-state index >= 15 is 0 Å². The average Bonchev–Trinajstić information content (AvgIpc) is 3.24. The number of carbonyl (C=O) groups is 1. The predicted molar refractivity (Wildman–Crippen MR) is 118 cm³/mol. The number of allylic oxidation sites excluding steroid dienone is 1. The van der Waals surface area contributed by atoms with Gasteiger partial charge in [0.25, 0.3) is 5.56 Å². The van der Waals surface area contributed by atoms with Gasteiger partial charge in [-0.25, -0.2) is 9.79 Å². The van der Waals surface area contributed by atoms with Crippen LogP contribution in [0.5, 0.6) is 0 Å². The Labute approximate surface area is 184 Å². The van der Waals surface area contributed by atoms with Crippen molar-refractivity contribution >= 4 is 46.0 Å². The molecule has 1 aromatic carbocycles. The Morgan fingerprint density at radius 1 is 1.31 bits per heavy atom. The van der Waals surface area contributed by atoms with Gasteiger partial charge in [0.1, 0.15) is 5.76 Å². The lowest BCUT2D eigenvalue weighted by atomic mass is 9.96. The van der Waals surface area contributed by atoms with E-state index in [0.717, 1.165) is 9.33 Å². The molecule has 0 amide bonds. The van der Waals surface area contributed by atoms with Gasteiger partial charge < -0.3 is 9.15 Å². The number of carbonyl (C=O) groups excluding carboxylic acids is 1. The maximum Gasteiger partial charge on any atom is 0.338 e. The maximum atomic E-state index is 13.3. The normalized spacial score (nSPS) is 16.5. The zero-order chi connectivity index (χ0) is 20.5. The molecule has 148 valence electrons. The van der Waals surface area contributed by atoms with Gasteiger partial charge in [0.15, 0.2) is 8.57 Å². The molecule has 1 atom stereocenters. The number of halogens is 1. The summed E-state index contributed by atoms with van der Waals surface area (Å²) >= 11 is 3.35. The van der Waals surface area contributed by atoms with Crippen LogP contribution in [-0.4, -0.2) is 17.1 Å². The smallest absolute Gasteiger partial charge is 0.338 e. The van der Waals surface area contributed by atoms with Crippen molar-refractivity contribution < 1.29 is 13.9 Å². The van der Waals surface area contributed by atoms with Crippen LogP contribution in [0, 0.1) is 3.77 Å². The predicted octanol–water partition coefficient (Wildman–Crippen LogP) is 3.00. The van der Waals surface area contributed by atoms with E-state index in [-0.39, 0.29) is 12.2 Å². The number of hydrogen-bond donors (Lipinski definition) is 0. The van der Waals surface area contributed by atoms with E-state index in [0.29, 0.717) is 26.4 Å². The highest BCUT2D eigenvalue weighted by Crippen LogP contribution is 2.30. The molecule has 29 heavy (non-hydrogen) atoms. The van der Waals surface area contributed by atoms with E-state index < -0.39 is 12.0 Å². The van der Waals surface area contributed by atoms with E-state index in [9.17, 15) is 9.59 Å². The fourth-order valence-corrected chi connectivity index (χ4v) is 4.74. The fourth-order valence-electron chi connectivity index (χ4n) is 3.28. The number of ether oxygens (including phenoxy) is 1. The van der Waals surface area contributed by atoms with Gasteiger partial charge in [-0.3, -0.25) is 9.36 Å². The molecule has 4 rings (SSSR count). The molecular weight excluding hydrogens is 503 g/mol. The van der Waals surface area contributed by atoms with Crippen molar-refractivity contribution in [1.29, 1.82) is 0 Å². The highest BCUT2D eigenvalue weighted by molar-refractivity contribution is 14.1. The Bertz CT molecular complexity index is 1280. The van der Waals surface area contributed by atoms with Gasteiger partial charge in [0.05, 0.1) is 28.5 Å². The molecule has 3 heterocycles. The number of aromatic nitrogens is 1. The Morgan fingerprint density at radius 3 is 2.72 bits per heavy atom. The fraction of sp³-hybridized carbons (Fsp3) is 0.190. The zero-order valence-electron chi connectivity index (χ0n) is 15.7. The van der Waals surface area contributed by atoms with E-state index in [1.165, 1.54) is 11.3 Å². The van der Waals surface area contributed by atoms with Gasteiger partial charge in [0, 0.05) is 6.08 Å². The first-order valence-corrected chi connectivity index (χ1v) is 10.9. The standard InChI is InChI=1S/C21H17IN2O4S/c1-3-27-20(26)17-12(2)23-21-24(18(17)13-7-5-4-6-8-13)19(25)15(29-21)11-14-9-10-16(22)28-14/h4-11,18H,3H2,1-2H3/b15-11-/t18-/m0/s1. The van der Waals surface area contributed by atoms with Crippen LogP contribution in [-0.2, 0) is 9.53 Å². The third kappa shape index (κ3) is 3.74. The number of rotatable bonds is 4. The second-order valence-electron chi connectivity index (χ2n) is 6.35. The van der Waals surface area contributed by atoms with Crippen molar-refractivity contribution in [3.8, 4) is 0 Å². The molecule has 0 saturated carbocycles. The van der Waals surface area contributed by atoms with E-state index in [1.807, 2.05) is 42.5 Å². The third-order valence-electron chi connectivity index (χ3n) is 4.50. The first-order chi connectivity index (χ1) is 14.0. The first kappa shape index (κ1) is 19.8. The molecule has 0 unspecified atom stereocenters. The lowest BCUT2D eigenvalue weighted by molar-refractivity contribution is -0.139. The summed E-state index contributed by atoms with van der Waals surface area (Å²) in [5.41, 5.74) is 1.54. The number of nitrogens with zero attached hydrogens (tertiary/aromatic N) is 2. The van der Waals surface area contributed by atoms with Crippen molar-refractivity contribution in [1.82, 2.24) is 4.57 Å². The second kappa shape index (κ2) is 8.11. The monoisotopic (exact) mass is 520 g/mol. The van der Waals surface area contributed by atoms with Crippen molar-refractivity contribution in [3.05, 3.63) is 88.5 Å². The Balaban J connectivity index is 1.96. The summed E-state index contributed by atoms with van der Waals surface area (Å²) in [7, 11) is 0. The lowest BCUT2D eigenvalue weighted by Gasteiger charge is -2.24. The van der Waals surface area contributed by atoms with Crippen LogP contribution in [0.2, 0.25) is 0 Å². The summed E-state index contributed by atoms with van der Waals surface area (Å²) in [6.45, 7) is 3.78. The molecule has 0 aliphatic carbocycles. The van der Waals surface area contributed by atoms with Gasteiger partial charge in [0.2, 0.25) is 0 Å². The van der Waals surface area contributed by atoms with Gasteiger partial charge in [-0.15, -0.1) is 0 Å². The van der Waals surface area contributed by atoms with Crippen molar-refractivity contribution in [2.45, 2.75) is 19.9 Å². The Hall–Kier alpha value is -2.46. The number of esters is 1. The minimum absolute atomic E-state index is 0.219. The van der Waals surface area contributed by atoms with Crippen LogP contribution < -0.4 is 14.9 Å². The average molecular weight is 520 g/mol. The molecule has 0 radical (unpaired) electrons. The zero-order valence-corrected chi connectivity index (χ0v) is 18.7. The van der Waals surface area contributed by atoms with E-state index in [2.05, 4.69) is 27.6 Å².